The van der Waals surface area contributed by atoms with Gasteiger partial charge in [-0.3, -0.25) is 19.4 Å². The fraction of sp³-hybridized carbons (Fsp3) is 0.360. The number of aromatic nitrogens is 2. The molecule has 4 rings (SSSR count). The summed E-state index contributed by atoms with van der Waals surface area (Å²) in [6, 6.07) is 6.22. The average Bonchev–Trinajstić information content (AvgIpc) is 3.29. The van der Waals surface area contributed by atoms with Gasteiger partial charge in [0.1, 0.15) is 11.6 Å². The topological polar surface area (TPSA) is 112 Å². The summed E-state index contributed by atoms with van der Waals surface area (Å²) in [7, 11) is 0. The second-order valence-corrected chi connectivity index (χ2v) is 8.62. The van der Waals surface area contributed by atoms with Crippen LogP contribution in [-0.4, -0.2) is 34.2 Å². The molecule has 0 spiro atoms. The number of fused-ring (bicyclic) bond motifs is 2. The van der Waals surface area contributed by atoms with E-state index in [0.29, 0.717) is 41.9 Å². The Labute approximate surface area is 197 Å². The number of aryl methyl sites for hydroxylation is 1. The minimum Gasteiger partial charge on any atom is -0.454 e. The Hall–Kier alpha value is -3.88. The van der Waals surface area contributed by atoms with Gasteiger partial charge in [-0.15, -0.1) is 0 Å². The second-order valence-electron chi connectivity index (χ2n) is 8.62. The van der Waals surface area contributed by atoms with Crippen molar-refractivity contribution in [1.29, 1.82) is 0 Å². The van der Waals surface area contributed by atoms with E-state index in [1.807, 2.05) is 31.4 Å². The van der Waals surface area contributed by atoms with Gasteiger partial charge in [-0.1, -0.05) is 19.9 Å². The molecule has 0 aliphatic carbocycles. The second kappa shape index (κ2) is 9.94. The minimum atomic E-state index is -0.786. The molecule has 0 radical (unpaired) electrons. The molecule has 0 saturated carbocycles. The maximum atomic E-state index is 13.2. The highest BCUT2D eigenvalue weighted by Crippen LogP contribution is 2.35. The van der Waals surface area contributed by atoms with E-state index < -0.39 is 17.4 Å². The van der Waals surface area contributed by atoms with Gasteiger partial charge < -0.3 is 24.7 Å². The van der Waals surface area contributed by atoms with Gasteiger partial charge in [-0.05, 0) is 37.0 Å². The van der Waals surface area contributed by atoms with E-state index in [9.17, 15) is 14.4 Å². The van der Waals surface area contributed by atoms with E-state index >= 15 is 0 Å². The van der Waals surface area contributed by atoms with Crippen molar-refractivity contribution in [2.24, 2.45) is 5.92 Å². The van der Waals surface area contributed by atoms with Crippen LogP contribution in [0.25, 0.3) is 10.9 Å². The number of pyridine rings is 2. The number of benzene rings is 1. The van der Waals surface area contributed by atoms with Crippen LogP contribution in [-0.2, 0) is 17.9 Å². The van der Waals surface area contributed by atoms with Crippen LogP contribution in [0.5, 0.6) is 11.5 Å². The normalized spacial score (nSPS) is 13.2. The Kier molecular flexibility index (Phi) is 6.81. The van der Waals surface area contributed by atoms with Crippen LogP contribution in [0.3, 0.4) is 0 Å². The molecule has 0 unspecified atom stereocenters. The predicted molar refractivity (Wildman–Crippen MR) is 127 cm³/mol. The molecule has 9 heteroatoms. The lowest BCUT2D eigenvalue weighted by Gasteiger charge is -2.21. The molecule has 1 aliphatic heterocycles. The predicted octanol–water partition coefficient (Wildman–Crippen LogP) is 2.61. The first-order valence-electron chi connectivity index (χ1n) is 11.3. The lowest BCUT2D eigenvalue weighted by atomic mass is 10.0. The van der Waals surface area contributed by atoms with Crippen molar-refractivity contribution in [2.75, 3.05) is 6.79 Å². The van der Waals surface area contributed by atoms with Gasteiger partial charge in [0.05, 0.1) is 10.9 Å². The standard InChI is InChI=1S/C25H28N4O5/c1-4-29-13-18(23(30)17-9-21-22(10-20(17)29)34-14-33-21)24(31)28-19(8-15(2)3)25(32)27-12-16-6-5-7-26-11-16/h5-7,9-11,13,15,19H,4,8,12,14H2,1-3H3,(H,27,32)(H,28,31)/t19-/m0/s1. The van der Waals surface area contributed by atoms with E-state index in [1.165, 1.54) is 6.20 Å². The molecule has 2 amide bonds. The molecule has 3 heterocycles. The summed E-state index contributed by atoms with van der Waals surface area (Å²) in [4.78, 5) is 43.4. The molecular formula is C25H28N4O5. The van der Waals surface area contributed by atoms with Crippen LogP contribution in [0.1, 0.15) is 43.1 Å². The number of hydrogen-bond acceptors (Lipinski definition) is 6. The van der Waals surface area contributed by atoms with Crippen molar-refractivity contribution in [3.05, 3.63) is 64.2 Å². The number of carbonyl (C=O) groups is 2. The zero-order valence-corrected chi connectivity index (χ0v) is 19.5. The van der Waals surface area contributed by atoms with Gasteiger partial charge in [0.2, 0.25) is 18.1 Å². The van der Waals surface area contributed by atoms with Crippen molar-refractivity contribution in [3.63, 3.8) is 0 Å². The molecule has 0 bridgehead atoms. The Balaban J connectivity index is 1.60. The van der Waals surface area contributed by atoms with E-state index in [2.05, 4.69) is 15.6 Å². The fourth-order valence-electron chi connectivity index (χ4n) is 3.96. The number of nitrogens with one attached hydrogen (secondary N) is 2. The number of ether oxygens (including phenoxy) is 2. The van der Waals surface area contributed by atoms with Crippen LogP contribution < -0.4 is 25.5 Å². The first-order chi connectivity index (χ1) is 16.4. The number of rotatable bonds is 8. The Morgan fingerprint density at radius 3 is 2.65 bits per heavy atom. The Morgan fingerprint density at radius 2 is 1.97 bits per heavy atom. The van der Waals surface area contributed by atoms with Crippen LogP contribution in [0, 0.1) is 5.92 Å². The van der Waals surface area contributed by atoms with Crippen molar-refractivity contribution in [1.82, 2.24) is 20.2 Å². The Bertz CT molecular complexity index is 1270. The zero-order chi connectivity index (χ0) is 24.2. The summed E-state index contributed by atoms with van der Waals surface area (Å²) in [5.74, 6) is 0.281. The van der Waals surface area contributed by atoms with Crippen LogP contribution >= 0.6 is 0 Å². The molecule has 9 nitrogen and oxygen atoms in total. The SMILES string of the molecule is CCn1cc(C(=O)N[C@@H](CC(C)C)C(=O)NCc2cccnc2)c(=O)c2cc3c(cc21)OCO3. The van der Waals surface area contributed by atoms with Crippen molar-refractivity contribution < 1.29 is 19.1 Å². The molecule has 178 valence electrons. The third-order valence-electron chi connectivity index (χ3n) is 5.68. The van der Waals surface area contributed by atoms with Crippen LogP contribution in [0.2, 0.25) is 0 Å². The van der Waals surface area contributed by atoms with Crippen LogP contribution in [0.15, 0.2) is 47.7 Å². The molecule has 1 atom stereocenters. The van der Waals surface area contributed by atoms with Gasteiger partial charge >= 0.3 is 0 Å². The smallest absolute Gasteiger partial charge is 0.257 e. The van der Waals surface area contributed by atoms with Gasteiger partial charge in [-0.25, -0.2) is 0 Å². The molecular weight excluding hydrogens is 436 g/mol. The minimum absolute atomic E-state index is 0.0259. The first kappa shape index (κ1) is 23.3. The number of nitrogens with zero attached hydrogens (tertiary/aromatic N) is 2. The van der Waals surface area contributed by atoms with E-state index in [4.69, 9.17) is 9.47 Å². The van der Waals surface area contributed by atoms with Gasteiger partial charge in [-0.2, -0.15) is 0 Å². The quantitative estimate of drug-likeness (QED) is 0.530. The maximum absolute atomic E-state index is 13.2. The highest BCUT2D eigenvalue weighted by Gasteiger charge is 2.25. The molecule has 3 aromatic rings. The van der Waals surface area contributed by atoms with E-state index in [-0.39, 0.29) is 24.2 Å². The largest absolute Gasteiger partial charge is 0.454 e. The highest BCUT2D eigenvalue weighted by atomic mass is 16.7. The summed E-state index contributed by atoms with van der Waals surface area (Å²) in [6.45, 7) is 6.78. The van der Waals surface area contributed by atoms with Crippen molar-refractivity contribution in [2.45, 2.75) is 46.3 Å². The third kappa shape index (κ3) is 4.88. The molecule has 2 N–H and O–H groups in total. The fourth-order valence-corrected chi connectivity index (χ4v) is 3.96. The summed E-state index contributed by atoms with van der Waals surface area (Å²) >= 11 is 0. The van der Waals surface area contributed by atoms with Crippen molar-refractivity contribution in [3.8, 4) is 11.5 Å². The van der Waals surface area contributed by atoms with E-state index in [0.717, 1.165) is 5.56 Å². The highest BCUT2D eigenvalue weighted by molar-refractivity contribution is 6.00. The lowest BCUT2D eigenvalue weighted by molar-refractivity contribution is -0.123. The molecule has 1 aliphatic rings. The lowest BCUT2D eigenvalue weighted by Crippen LogP contribution is -2.48. The molecule has 0 fully saturated rings. The monoisotopic (exact) mass is 464 g/mol. The molecule has 1 aromatic carbocycles. The number of hydrogen-bond donors (Lipinski definition) is 2. The van der Waals surface area contributed by atoms with Crippen LogP contribution in [0.4, 0.5) is 0 Å². The zero-order valence-electron chi connectivity index (χ0n) is 19.5. The van der Waals surface area contributed by atoms with Crippen molar-refractivity contribution >= 4 is 22.7 Å². The van der Waals surface area contributed by atoms with E-state index in [1.54, 1.807) is 30.6 Å². The summed E-state index contributed by atoms with van der Waals surface area (Å²) < 4.78 is 12.7. The summed E-state index contributed by atoms with van der Waals surface area (Å²) in [5.41, 5.74) is 1.06. The maximum Gasteiger partial charge on any atom is 0.257 e. The molecule has 0 saturated heterocycles. The first-order valence-corrected chi connectivity index (χ1v) is 11.3. The van der Waals surface area contributed by atoms with Gasteiger partial charge in [0.15, 0.2) is 11.5 Å². The Morgan fingerprint density at radius 1 is 1.21 bits per heavy atom. The number of carbonyl (C=O) groups excluding carboxylic acids is 2. The summed E-state index contributed by atoms with van der Waals surface area (Å²) in [5, 5.41) is 5.98. The molecule has 34 heavy (non-hydrogen) atoms. The summed E-state index contributed by atoms with van der Waals surface area (Å²) in [6.07, 6.45) is 5.29. The third-order valence-corrected chi connectivity index (χ3v) is 5.68. The number of amides is 2. The van der Waals surface area contributed by atoms with Gasteiger partial charge in [0.25, 0.3) is 5.91 Å². The molecule has 2 aromatic heterocycles. The average molecular weight is 465 g/mol. The van der Waals surface area contributed by atoms with Gasteiger partial charge in [0, 0.05) is 37.7 Å².